The molecule has 4 heteroatoms. The average molecular weight is 314 g/mol. The van der Waals surface area contributed by atoms with Gasteiger partial charge in [0.05, 0.1) is 5.92 Å². The topological polar surface area (TPSA) is 74.6 Å². The maximum absolute atomic E-state index is 11.9. The average Bonchev–Trinajstić information content (AvgIpc) is 2.55. The molecule has 23 heavy (non-hydrogen) atoms. The number of rotatable bonds is 7. The van der Waals surface area contributed by atoms with Crippen LogP contribution in [0.25, 0.3) is 0 Å². The first-order valence-electron chi connectivity index (χ1n) is 7.85. The molecule has 1 aliphatic carbocycles. The SMILES string of the molecule is CCC(Cc1ccccc1)CC1(C(=O)O)C=CC=CC1C(=O)O. The molecule has 0 fully saturated rings. The molecule has 0 spiro atoms. The van der Waals surface area contributed by atoms with Gasteiger partial charge in [-0.2, -0.15) is 0 Å². The Morgan fingerprint density at radius 1 is 1.17 bits per heavy atom. The van der Waals surface area contributed by atoms with E-state index in [1.54, 1.807) is 18.2 Å². The van der Waals surface area contributed by atoms with E-state index in [1.807, 2.05) is 37.3 Å². The normalized spacial score (nSPS) is 24.3. The summed E-state index contributed by atoms with van der Waals surface area (Å²) < 4.78 is 0. The molecule has 0 heterocycles. The van der Waals surface area contributed by atoms with E-state index in [0.29, 0.717) is 6.42 Å². The van der Waals surface area contributed by atoms with E-state index in [9.17, 15) is 19.8 Å². The molecule has 1 aliphatic rings. The van der Waals surface area contributed by atoms with Crippen LogP contribution in [0, 0.1) is 17.3 Å². The third-order valence-electron chi connectivity index (χ3n) is 4.60. The Labute approximate surface area is 136 Å². The molecule has 0 amide bonds. The van der Waals surface area contributed by atoms with E-state index in [-0.39, 0.29) is 5.92 Å². The van der Waals surface area contributed by atoms with Crippen LogP contribution in [-0.2, 0) is 16.0 Å². The second kappa shape index (κ2) is 7.27. The quantitative estimate of drug-likeness (QED) is 0.807. The smallest absolute Gasteiger partial charge is 0.314 e. The lowest BCUT2D eigenvalue weighted by atomic mass is 9.66. The zero-order valence-corrected chi connectivity index (χ0v) is 13.2. The Kier molecular flexibility index (Phi) is 5.37. The maximum atomic E-state index is 11.9. The van der Waals surface area contributed by atoms with Gasteiger partial charge < -0.3 is 10.2 Å². The second-order valence-corrected chi connectivity index (χ2v) is 6.07. The Bertz CT molecular complexity index is 618. The molecule has 0 aliphatic heterocycles. The van der Waals surface area contributed by atoms with Gasteiger partial charge in [-0.1, -0.05) is 68.0 Å². The summed E-state index contributed by atoms with van der Waals surface area (Å²) in [5.41, 5.74) is -0.238. The van der Waals surface area contributed by atoms with Gasteiger partial charge in [-0.3, -0.25) is 9.59 Å². The third-order valence-corrected chi connectivity index (χ3v) is 4.60. The minimum absolute atomic E-state index is 0.103. The van der Waals surface area contributed by atoms with Crippen molar-refractivity contribution in [3.05, 3.63) is 60.2 Å². The predicted octanol–water partition coefficient (Wildman–Crippen LogP) is 3.54. The van der Waals surface area contributed by atoms with Crippen molar-refractivity contribution in [2.75, 3.05) is 0 Å². The fourth-order valence-corrected chi connectivity index (χ4v) is 3.25. The number of hydrogen-bond acceptors (Lipinski definition) is 2. The van der Waals surface area contributed by atoms with Crippen LogP contribution in [0.3, 0.4) is 0 Å². The molecular formula is C19H22O4. The van der Waals surface area contributed by atoms with E-state index < -0.39 is 23.3 Å². The molecule has 0 saturated heterocycles. The van der Waals surface area contributed by atoms with Crippen LogP contribution in [0.5, 0.6) is 0 Å². The van der Waals surface area contributed by atoms with Gasteiger partial charge in [0.2, 0.25) is 0 Å². The van der Waals surface area contributed by atoms with Gasteiger partial charge >= 0.3 is 11.9 Å². The third kappa shape index (κ3) is 3.70. The van der Waals surface area contributed by atoms with Crippen LogP contribution in [0.4, 0.5) is 0 Å². The lowest BCUT2D eigenvalue weighted by molar-refractivity contribution is -0.158. The summed E-state index contributed by atoms with van der Waals surface area (Å²) in [4.78, 5) is 23.5. The molecular weight excluding hydrogens is 292 g/mol. The van der Waals surface area contributed by atoms with Crippen molar-refractivity contribution in [2.45, 2.75) is 26.2 Å². The van der Waals surface area contributed by atoms with Crippen LogP contribution < -0.4 is 0 Å². The summed E-state index contributed by atoms with van der Waals surface area (Å²) in [6.45, 7) is 2.02. The molecule has 1 aromatic carbocycles. The number of carboxylic acids is 2. The number of benzene rings is 1. The van der Waals surface area contributed by atoms with E-state index in [0.717, 1.165) is 18.4 Å². The highest BCUT2D eigenvalue weighted by Gasteiger charge is 2.48. The fraction of sp³-hybridized carbons (Fsp3) is 0.368. The molecule has 0 bridgehead atoms. The minimum atomic E-state index is -1.38. The van der Waals surface area contributed by atoms with Crippen molar-refractivity contribution in [1.29, 1.82) is 0 Å². The van der Waals surface area contributed by atoms with Gasteiger partial charge in [0.15, 0.2) is 0 Å². The van der Waals surface area contributed by atoms with Crippen LogP contribution in [-0.4, -0.2) is 22.2 Å². The van der Waals surface area contributed by atoms with Gasteiger partial charge in [0.1, 0.15) is 5.41 Å². The summed E-state index contributed by atoms with van der Waals surface area (Å²) >= 11 is 0. The van der Waals surface area contributed by atoms with Crippen molar-refractivity contribution in [3.8, 4) is 0 Å². The van der Waals surface area contributed by atoms with Gasteiger partial charge in [-0.05, 0) is 24.3 Å². The fourth-order valence-electron chi connectivity index (χ4n) is 3.25. The van der Waals surface area contributed by atoms with Crippen LogP contribution in [0.2, 0.25) is 0 Å². The zero-order chi connectivity index (χ0) is 16.9. The molecule has 0 aromatic heterocycles. The van der Waals surface area contributed by atoms with Crippen molar-refractivity contribution in [1.82, 2.24) is 0 Å². The first-order chi connectivity index (χ1) is 11.0. The summed E-state index contributed by atoms with van der Waals surface area (Å²) in [6.07, 6.45) is 8.13. The zero-order valence-electron chi connectivity index (χ0n) is 13.2. The van der Waals surface area contributed by atoms with Crippen molar-refractivity contribution < 1.29 is 19.8 Å². The lowest BCUT2D eigenvalue weighted by Gasteiger charge is -2.35. The maximum Gasteiger partial charge on any atom is 0.314 e. The van der Waals surface area contributed by atoms with Gasteiger partial charge in [0.25, 0.3) is 0 Å². The number of carbonyl (C=O) groups is 2. The number of aliphatic carboxylic acids is 2. The van der Waals surface area contributed by atoms with E-state index in [1.165, 1.54) is 6.08 Å². The van der Waals surface area contributed by atoms with Gasteiger partial charge in [-0.25, -0.2) is 0 Å². The highest BCUT2D eigenvalue weighted by atomic mass is 16.4. The summed E-state index contributed by atoms with van der Waals surface area (Å²) in [7, 11) is 0. The second-order valence-electron chi connectivity index (χ2n) is 6.07. The highest BCUT2D eigenvalue weighted by molar-refractivity contribution is 5.87. The Balaban J connectivity index is 2.27. The minimum Gasteiger partial charge on any atom is -0.481 e. The Hall–Kier alpha value is -2.36. The molecule has 0 saturated carbocycles. The van der Waals surface area contributed by atoms with Crippen LogP contribution in [0.1, 0.15) is 25.3 Å². The van der Waals surface area contributed by atoms with E-state index in [4.69, 9.17) is 0 Å². The van der Waals surface area contributed by atoms with Crippen molar-refractivity contribution >= 4 is 11.9 Å². The number of carboxylic acid groups (broad SMARTS) is 2. The molecule has 2 N–H and O–H groups in total. The molecule has 0 radical (unpaired) electrons. The van der Waals surface area contributed by atoms with Crippen molar-refractivity contribution in [2.24, 2.45) is 17.3 Å². The van der Waals surface area contributed by atoms with Gasteiger partial charge in [-0.15, -0.1) is 0 Å². The summed E-state index contributed by atoms with van der Waals surface area (Å²) in [6, 6.07) is 9.89. The summed E-state index contributed by atoms with van der Waals surface area (Å²) in [5, 5.41) is 19.2. The van der Waals surface area contributed by atoms with Crippen LogP contribution in [0.15, 0.2) is 54.6 Å². The molecule has 3 atom stereocenters. The lowest BCUT2D eigenvalue weighted by Crippen LogP contribution is -2.43. The molecule has 122 valence electrons. The Morgan fingerprint density at radius 2 is 1.87 bits per heavy atom. The Morgan fingerprint density at radius 3 is 2.43 bits per heavy atom. The molecule has 1 aromatic rings. The number of allylic oxidation sites excluding steroid dienone is 2. The predicted molar refractivity (Wildman–Crippen MR) is 88.0 cm³/mol. The van der Waals surface area contributed by atoms with E-state index >= 15 is 0 Å². The number of hydrogen-bond donors (Lipinski definition) is 2. The summed E-state index contributed by atoms with van der Waals surface area (Å²) in [5.74, 6) is -3.10. The molecule has 2 rings (SSSR count). The monoisotopic (exact) mass is 314 g/mol. The first-order valence-corrected chi connectivity index (χ1v) is 7.85. The highest BCUT2D eigenvalue weighted by Crippen LogP contribution is 2.41. The molecule has 3 unspecified atom stereocenters. The standard InChI is InChI=1S/C19H22O4/c1-2-14(12-15-8-4-3-5-9-15)13-19(18(22)23)11-7-6-10-16(19)17(20)21/h3-11,14,16H,2,12-13H2,1H3,(H,20,21)(H,22,23). The van der Waals surface area contributed by atoms with Crippen molar-refractivity contribution in [3.63, 3.8) is 0 Å². The largest absolute Gasteiger partial charge is 0.481 e. The van der Waals surface area contributed by atoms with E-state index in [2.05, 4.69) is 0 Å². The van der Waals surface area contributed by atoms with Gasteiger partial charge in [0, 0.05) is 0 Å². The molecule has 4 nitrogen and oxygen atoms in total. The van der Waals surface area contributed by atoms with Crippen LogP contribution >= 0.6 is 0 Å². The first kappa shape index (κ1) is 17.0.